The Morgan fingerprint density at radius 2 is 1.68 bits per heavy atom. The van der Waals surface area contributed by atoms with Crippen molar-refractivity contribution in [1.29, 1.82) is 0 Å². The number of imidazole rings is 1. The minimum atomic E-state index is -0.264. The van der Waals surface area contributed by atoms with E-state index in [0.29, 0.717) is 42.6 Å². The second-order valence-electron chi connectivity index (χ2n) is 9.26. The minimum Gasteiger partial charge on any atom is -0.496 e. The van der Waals surface area contributed by atoms with E-state index >= 15 is 0 Å². The van der Waals surface area contributed by atoms with Crippen molar-refractivity contribution in [3.63, 3.8) is 0 Å². The lowest BCUT2D eigenvalue weighted by Crippen LogP contribution is -2.38. The fourth-order valence-electron chi connectivity index (χ4n) is 4.89. The summed E-state index contributed by atoms with van der Waals surface area (Å²) in [7, 11) is 3.11. The number of carbonyl (C=O) groups excluding carboxylic acids is 2. The summed E-state index contributed by atoms with van der Waals surface area (Å²) in [6, 6.07) is 16.9. The molecule has 0 aliphatic carbocycles. The van der Waals surface area contributed by atoms with Crippen molar-refractivity contribution < 1.29 is 19.1 Å². The molecule has 1 saturated heterocycles. The van der Waals surface area contributed by atoms with Crippen LogP contribution in [0.3, 0.4) is 0 Å². The molecular weight excluding hydrogens is 482 g/mol. The number of hydrogen-bond acceptors (Lipinski definition) is 5. The zero-order valence-electron chi connectivity index (χ0n) is 21.5. The second kappa shape index (κ2) is 11.2. The summed E-state index contributed by atoms with van der Waals surface area (Å²) in [4.78, 5) is 31.8. The minimum absolute atomic E-state index is 0.0759. The Morgan fingerprint density at radius 3 is 2.37 bits per heavy atom. The van der Waals surface area contributed by atoms with Crippen LogP contribution in [0.25, 0.3) is 5.65 Å². The number of aromatic nitrogens is 2. The summed E-state index contributed by atoms with van der Waals surface area (Å²) < 4.78 is 12.7. The van der Waals surface area contributed by atoms with Gasteiger partial charge in [-0.3, -0.25) is 4.79 Å². The molecule has 1 fully saturated rings. The first-order valence-electron chi connectivity index (χ1n) is 12.6. The third kappa shape index (κ3) is 5.41. The number of benzene rings is 2. The number of likely N-dealkylation sites (tertiary alicyclic amines) is 1. The van der Waals surface area contributed by atoms with E-state index in [2.05, 4.69) is 15.6 Å². The highest BCUT2D eigenvalue weighted by atomic mass is 16.5. The predicted octanol–water partition coefficient (Wildman–Crippen LogP) is 4.69. The number of fused-ring (bicyclic) bond motifs is 1. The number of anilines is 1. The molecule has 0 bridgehead atoms. The van der Waals surface area contributed by atoms with Crippen LogP contribution in [0, 0.1) is 0 Å². The van der Waals surface area contributed by atoms with Gasteiger partial charge in [0.25, 0.3) is 5.91 Å². The highest BCUT2D eigenvalue weighted by Gasteiger charge is 2.28. The smallest absolute Gasteiger partial charge is 0.319 e. The zero-order chi connectivity index (χ0) is 26.5. The highest BCUT2D eigenvalue weighted by molar-refractivity contribution is 5.99. The number of ether oxygens (including phenoxy) is 2. The lowest BCUT2D eigenvalue weighted by atomic mass is 9.89. The monoisotopic (exact) mass is 513 g/mol. The second-order valence-corrected chi connectivity index (χ2v) is 9.26. The molecule has 2 N–H and O–H groups in total. The number of nitrogens with one attached hydrogen (secondary N) is 2. The quantitative estimate of drug-likeness (QED) is 0.374. The van der Waals surface area contributed by atoms with E-state index in [0.717, 1.165) is 29.7 Å². The van der Waals surface area contributed by atoms with Gasteiger partial charge in [0.1, 0.15) is 22.7 Å². The molecule has 5 rings (SSSR count). The summed E-state index contributed by atoms with van der Waals surface area (Å²) in [6.07, 6.45) is 7.26. The third-order valence-electron chi connectivity index (χ3n) is 6.98. The summed E-state index contributed by atoms with van der Waals surface area (Å²) in [5.74, 6) is 1.30. The number of amides is 3. The van der Waals surface area contributed by atoms with E-state index in [1.54, 1.807) is 32.5 Å². The molecule has 9 nitrogen and oxygen atoms in total. The lowest BCUT2D eigenvalue weighted by Gasteiger charge is -2.33. The molecule has 0 radical (unpaired) electrons. The van der Waals surface area contributed by atoms with Crippen molar-refractivity contribution in [3.05, 3.63) is 89.9 Å². The van der Waals surface area contributed by atoms with Gasteiger partial charge in [0, 0.05) is 43.9 Å². The van der Waals surface area contributed by atoms with Crippen LogP contribution < -0.4 is 20.1 Å². The van der Waals surface area contributed by atoms with Crippen LogP contribution in [0.2, 0.25) is 0 Å². The normalized spacial score (nSPS) is 13.8. The molecule has 9 heteroatoms. The maximum Gasteiger partial charge on any atom is 0.319 e. The molecule has 1 aliphatic rings. The number of piperidine rings is 1. The average molecular weight is 514 g/mol. The van der Waals surface area contributed by atoms with Gasteiger partial charge in [-0.2, -0.15) is 0 Å². The van der Waals surface area contributed by atoms with Gasteiger partial charge in [-0.25, -0.2) is 9.78 Å². The molecule has 4 aromatic rings. The van der Waals surface area contributed by atoms with Gasteiger partial charge < -0.3 is 29.4 Å². The van der Waals surface area contributed by atoms with Crippen molar-refractivity contribution in [2.45, 2.75) is 25.3 Å². The number of pyridine rings is 1. The van der Waals surface area contributed by atoms with Crippen molar-refractivity contribution in [2.75, 3.05) is 32.6 Å². The van der Waals surface area contributed by atoms with Gasteiger partial charge in [-0.1, -0.05) is 18.2 Å². The van der Waals surface area contributed by atoms with Crippen molar-refractivity contribution in [2.24, 2.45) is 0 Å². The molecule has 1 aliphatic heterocycles. The molecule has 3 amide bonds. The van der Waals surface area contributed by atoms with Crippen molar-refractivity contribution in [3.8, 4) is 11.5 Å². The molecular formula is C29H31N5O4. The first-order valence-corrected chi connectivity index (χ1v) is 12.6. The number of urea groups is 1. The predicted molar refractivity (Wildman–Crippen MR) is 145 cm³/mol. The fraction of sp³-hybridized carbons (Fsp3) is 0.276. The number of carbonyl (C=O) groups is 2. The van der Waals surface area contributed by atoms with E-state index in [4.69, 9.17) is 9.47 Å². The molecule has 0 spiro atoms. The number of hydrogen-bond donors (Lipinski definition) is 2. The van der Waals surface area contributed by atoms with Crippen molar-refractivity contribution >= 4 is 23.3 Å². The average Bonchev–Trinajstić information content (AvgIpc) is 3.44. The molecule has 0 atom stereocenters. The van der Waals surface area contributed by atoms with Crippen LogP contribution in [0.4, 0.5) is 10.5 Å². The maximum atomic E-state index is 13.3. The number of methoxy groups -OCH3 is 2. The van der Waals surface area contributed by atoms with E-state index in [-0.39, 0.29) is 11.9 Å². The third-order valence-corrected chi connectivity index (χ3v) is 6.98. The topological polar surface area (TPSA) is 97.2 Å². The van der Waals surface area contributed by atoms with Gasteiger partial charge in [0.15, 0.2) is 0 Å². The Balaban J connectivity index is 1.13. The van der Waals surface area contributed by atoms with Crippen LogP contribution in [-0.2, 0) is 6.54 Å². The zero-order valence-corrected chi connectivity index (χ0v) is 21.5. The Labute approximate surface area is 221 Å². The maximum absolute atomic E-state index is 13.3. The Morgan fingerprint density at radius 1 is 0.974 bits per heavy atom. The Hall–Kier alpha value is -4.53. The van der Waals surface area contributed by atoms with E-state index in [1.165, 1.54) is 5.56 Å². The van der Waals surface area contributed by atoms with Gasteiger partial charge in [0.2, 0.25) is 0 Å². The van der Waals surface area contributed by atoms with Crippen LogP contribution in [-0.4, -0.2) is 53.5 Å². The molecule has 2 aromatic heterocycles. The largest absolute Gasteiger partial charge is 0.496 e. The van der Waals surface area contributed by atoms with E-state index in [9.17, 15) is 9.59 Å². The summed E-state index contributed by atoms with van der Waals surface area (Å²) in [5.41, 5.74) is 4.21. The van der Waals surface area contributed by atoms with Crippen LogP contribution in [0.15, 0.2) is 73.2 Å². The molecule has 196 valence electrons. The van der Waals surface area contributed by atoms with Crippen LogP contribution in [0.5, 0.6) is 11.5 Å². The van der Waals surface area contributed by atoms with E-state index < -0.39 is 0 Å². The Kier molecular flexibility index (Phi) is 7.44. The lowest BCUT2D eigenvalue weighted by molar-refractivity contribution is 0.0706. The number of rotatable bonds is 7. The summed E-state index contributed by atoms with van der Waals surface area (Å²) in [5, 5.41) is 5.77. The Bertz CT molecular complexity index is 1400. The fourth-order valence-corrected chi connectivity index (χ4v) is 4.89. The summed E-state index contributed by atoms with van der Waals surface area (Å²) in [6.45, 7) is 1.71. The molecule has 0 saturated carbocycles. The van der Waals surface area contributed by atoms with Crippen LogP contribution >= 0.6 is 0 Å². The molecule has 0 unspecified atom stereocenters. The van der Waals surface area contributed by atoms with Gasteiger partial charge in [0.05, 0.1) is 14.2 Å². The van der Waals surface area contributed by atoms with Crippen LogP contribution in [0.1, 0.15) is 40.2 Å². The van der Waals surface area contributed by atoms with Gasteiger partial charge >= 0.3 is 6.03 Å². The molecule has 3 heterocycles. The molecule has 38 heavy (non-hydrogen) atoms. The first kappa shape index (κ1) is 25.1. The van der Waals surface area contributed by atoms with Gasteiger partial charge in [-0.15, -0.1) is 0 Å². The van der Waals surface area contributed by atoms with Gasteiger partial charge in [-0.05, 0) is 66.3 Å². The standard InChI is InChI=1S/C29H31N5O4/c1-37-24-4-3-5-25(38-2)27(24)28(35)34-15-11-22(12-16-34)21-6-8-23(9-7-21)32-29(36)31-19-20-10-14-33-17-13-30-26(33)18-20/h3-10,13-14,17-18,22H,11-12,15-16,19H2,1-2H3,(H2,31,32,36). The highest BCUT2D eigenvalue weighted by Crippen LogP contribution is 2.33. The number of nitrogens with zero attached hydrogens (tertiary/aromatic N) is 3. The SMILES string of the molecule is COc1cccc(OC)c1C(=O)N1CCC(c2ccc(NC(=O)NCc3ccn4ccnc4c3)cc2)CC1. The first-order chi connectivity index (χ1) is 18.6. The van der Waals surface area contributed by atoms with Crippen molar-refractivity contribution in [1.82, 2.24) is 19.6 Å². The molecule has 2 aromatic carbocycles. The summed E-state index contributed by atoms with van der Waals surface area (Å²) >= 11 is 0. The van der Waals surface area contributed by atoms with E-state index in [1.807, 2.05) is 64.2 Å².